The molecule has 1 saturated heterocycles. The summed E-state index contributed by atoms with van der Waals surface area (Å²) >= 11 is 1.34. The van der Waals surface area contributed by atoms with Crippen molar-refractivity contribution in [2.45, 2.75) is 83.9 Å². The Kier molecular flexibility index (Phi) is 8.02. The van der Waals surface area contributed by atoms with Crippen molar-refractivity contribution in [1.29, 1.82) is 0 Å². The normalized spacial score (nSPS) is 25.3. The van der Waals surface area contributed by atoms with Gasteiger partial charge in [0, 0.05) is 29.1 Å². The number of aromatic nitrogens is 1. The molecule has 1 aromatic heterocycles. The average Bonchev–Trinajstić information content (AvgIpc) is 3.36. The summed E-state index contributed by atoms with van der Waals surface area (Å²) in [6.07, 6.45) is 6.13. The van der Waals surface area contributed by atoms with E-state index in [0.717, 1.165) is 43.4 Å². The molecule has 1 aliphatic heterocycles. The van der Waals surface area contributed by atoms with Crippen molar-refractivity contribution in [2.75, 3.05) is 11.9 Å². The van der Waals surface area contributed by atoms with E-state index in [1.807, 2.05) is 17.5 Å². The SMILES string of the molecule is CC1CCC(C(C)C)C(OC(=O)N2CCCC2C(=O)Nc2nc(-c3ccc(C(=O)NC4CC4)cc3)cs2)C1. The van der Waals surface area contributed by atoms with Crippen molar-refractivity contribution >= 4 is 34.4 Å². The third-order valence-electron chi connectivity index (χ3n) is 8.09. The highest BCUT2D eigenvalue weighted by Gasteiger charge is 2.39. The number of carbonyl (C=O) groups is 3. The van der Waals surface area contributed by atoms with Crippen molar-refractivity contribution in [3.8, 4) is 11.3 Å². The Morgan fingerprint density at radius 3 is 2.55 bits per heavy atom. The van der Waals surface area contributed by atoms with Gasteiger partial charge in [0.15, 0.2) is 5.13 Å². The number of amides is 3. The molecule has 0 radical (unpaired) electrons. The maximum atomic E-state index is 13.2. The number of nitrogens with zero attached hydrogens (tertiary/aromatic N) is 2. The summed E-state index contributed by atoms with van der Waals surface area (Å²) in [6.45, 7) is 7.12. The smallest absolute Gasteiger partial charge is 0.410 e. The van der Waals surface area contributed by atoms with Crippen LogP contribution in [0.15, 0.2) is 29.6 Å². The Hall–Kier alpha value is -2.94. The molecule has 3 aliphatic rings. The van der Waals surface area contributed by atoms with Gasteiger partial charge in [-0.25, -0.2) is 9.78 Å². The lowest BCUT2D eigenvalue weighted by Crippen LogP contribution is -2.46. The second-order valence-corrected chi connectivity index (χ2v) is 12.3. The molecule has 2 aliphatic carbocycles. The third kappa shape index (κ3) is 6.20. The van der Waals surface area contributed by atoms with Crippen LogP contribution in [0.25, 0.3) is 11.3 Å². The van der Waals surface area contributed by atoms with Crippen molar-refractivity contribution < 1.29 is 19.1 Å². The first-order chi connectivity index (χ1) is 18.3. The number of likely N-dealkylation sites (tertiary alicyclic amines) is 1. The Balaban J connectivity index is 1.18. The van der Waals surface area contributed by atoms with Crippen LogP contribution in [0, 0.1) is 17.8 Å². The van der Waals surface area contributed by atoms with Crippen LogP contribution in [0.1, 0.15) is 76.1 Å². The summed E-state index contributed by atoms with van der Waals surface area (Å²) in [5.74, 6) is 1.07. The van der Waals surface area contributed by atoms with E-state index in [0.29, 0.717) is 47.5 Å². The van der Waals surface area contributed by atoms with E-state index in [2.05, 4.69) is 36.4 Å². The minimum absolute atomic E-state index is 0.0531. The highest BCUT2D eigenvalue weighted by atomic mass is 32.1. The molecule has 4 unspecified atom stereocenters. The molecule has 3 fully saturated rings. The molecule has 38 heavy (non-hydrogen) atoms. The molecular formula is C29H38N4O4S. The van der Waals surface area contributed by atoms with Crippen LogP contribution < -0.4 is 10.6 Å². The fourth-order valence-corrected chi connectivity index (χ4v) is 6.37. The Labute approximate surface area is 228 Å². The highest BCUT2D eigenvalue weighted by Crippen LogP contribution is 2.36. The van der Waals surface area contributed by atoms with Gasteiger partial charge in [0.1, 0.15) is 12.1 Å². The van der Waals surface area contributed by atoms with Crippen molar-refractivity contribution in [3.05, 3.63) is 35.2 Å². The zero-order valence-electron chi connectivity index (χ0n) is 22.4. The summed E-state index contributed by atoms with van der Waals surface area (Å²) in [7, 11) is 0. The van der Waals surface area contributed by atoms with Gasteiger partial charge in [0.05, 0.1) is 5.69 Å². The first-order valence-corrected chi connectivity index (χ1v) is 14.8. The lowest BCUT2D eigenvalue weighted by atomic mass is 9.75. The number of ether oxygens (including phenoxy) is 1. The van der Waals surface area contributed by atoms with E-state index in [4.69, 9.17) is 4.74 Å². The number of carbonyl (C=O) groups excluding carboxylic acids is 3. The lowest BCUT2D eigenvalue weighted by Gasteiger charge is -2.37. The fraction of sp³-hybridized carbons (Fsp3) is 0.586. The summed E-state index contributed by atoms with van der Waals surface area (Å²) in [5.41, 5.74) is 2.23. The summed E-state index contributed by atoms with van der Waals surface area (Å²) in [4.78, 5) is 44.7. The van der Waals surface area contributed by atoms with Gasteiger partial charge in [0.2, 0.25) is 5.91 Å². The average molecular weight is 539 g/mol. The zero-order valence-corrected chi connectivity index (χ0v) is 23.3. The Morgan fingerprint density at radius 1 is 1.08 bits per heavy atom. The van der Waals surface area contributed by atoms with Gasteiger partial charge in [-0.2, -0.15) is 0 Å². The number of benzene rings is 1. The van der Waals surface area contributed by atoms with Gasteiger partial charge >= 0.3 is 6.09 Å². The second kappa shape index (κ2) is 11.4. The number of anilines is 1. The lowest BCUT2D eigenvalue weighted by molar-refractivity contribution is -0.120. The van der Waals surface area contributed by atoms with Crippen molar-refractivity contribution in [3.63, 3.8) is 0 Å². The molecule has 1 aromatic carbocycles. The monoisotopic (exact) mass is 538 g/mol. The minimum atomic E-state index is -0.558. The van der Waals surface area contributed by atoms with Gasteiger partial charge in [-0.1, -0.05) is 39.3 Å². The topological polar surface area (TPSA) is 101 Å². The number of nitrogens with one attached hydrogen (secondary N) is 2. The number of rotatable bonds is 7. The molecule has 2 N–H and O–H groups in total. The van der Waals surface area contributed by atoms with E-state index >= 15 is 0 Å². The van der Waals surface area contributed by atoms with Gasteiger partial charge in [-0.15, -0.1) is 11.3 Å². The second-order valence-electron chi connectivity index (χ2n) is 11.5. The molecule has 2 heterocycles. The Morgan fingerprint density at radius 2 is 1.84 bits per heavy atom. The minimum Gasteiger partial charge on any atom is -0.446 e. The maximum absolute atomic E-state index is 13.2. The maximum Gasteiger partial charge on any atom is 0.410 e. The first kappa shape index (κ1) is 26.7. The molecule has 8 nitrogen and oxygen atoms in total. The predicted octanol–water partition coefficient (Wildman–Crippen LogP) is 5.70. The predicted molar refractivity (Wildman–Crippen MR) is 148 cm³/mol. The van der Waals surface area contributed by atoms with E-state index in [1.54, 1.807) is 17.0 Å². The number of hydrogen-bond acceptors (Lipinski definition) is 6. The number of thiazole rings is 1. The van der Waals surface area contributed by atoms with Crippen molar-refractivity contribution in [1.82, 2.24) is 15.2 Å². The van der Waals surface area contributed by atoms with Gasteiger partial charge in [0.25, 0.3) is 5.91 Å². The first-order valence-electron chi connectivity index (χ1n) is 13.9. The van der Waals surface area contributed by atoms with Crippen LogP contribution >= 0.6 is 11.3 Å². The molecule has 4 atom stereocenters. The quantitative estimate of drug-likeness (QED) is 0.471. The number of hydrogen-bond donors (Lipinski definition) is 2. The van der Waals surface area contributed by atoms with Crippen LogP contribution in [0.5, 0.6) is 0 Å². The standard InChI is InChI=1S/C29H38N4O4S/c1-17(2)22-13-6-18(3)15-25(22)37-29(36)33-14-4-5-24(33)27(35)32-28-31-23(16-38-28)19-7-9-20(10-8-19)26(34)30-21-11-12-21/h7-10,16-18,21-22,24-25H,4-6,11-15H2,1-3H3,(H,30,34)(H,31,32,35). The molecule has 0 bridgehead atoms. The van der Waals surface area contributed by atoms with Crippen LogP contribution in [0.2, 0.25) is 0 Å². The summed E-state index contributed by atoms with van der Waals surface area (Å²) < 4.78 is 6.03. The van der Waals surface area contributed by atoms with E-state index < -0.39 is 6.04 Å². The molecule has 3 amide bonds. The molecule has 2 aromatic rings. The van der Waals surface area contributed by atoms with Crippen LogP contribution in [-0.4, -0.2) is 52.5 Å². The molecule has 204 valence electrons. The Bertz CT molecular complexity index is 1160. The fourth-order valence-electron chi connectivity index (χ4n) is 5.65. The summed E-state index contributed by atoms with van der Waals surface area (Å²) in [6, 6.07) is 7.09. The van der Waals surface area contributed by atoms with Gasteiger partial charge in [-0.3, -0.25) is 14.5 Å². The molecular weight excluding hydrogens is 500 g/mol. The molecule has 2 saturated carbocycles. The third-order valence-corrected chi connectivity index (χ3v) is 8.85. The molecule has 5 rings (SSSR count). The summed E-state index contributed by atoms with van der Waals surface area (Å²) in [5, 5.41) is 8.27. The molecule has 9 heteroatoms. The van der Waals surface area contributed by atoms with Crippen LogP contribution in [-0.2, 0) is 9.53 Å². The van der Waals surface area contributed by atoms with E-state index in [9.17, 15) is 14.4 Å². The highest BCUT2D eigenvalue weighted by molar-refractivity contribution is 7.14. The zero-order chi connectivity index (χ0) is 26.8. The van der Waals surface area contributed by atoms with Crippen LogP contribution in [0.4, 0.5) is 9.93 Å². The van der Waals surface area contributed by atoms with E-state index in [1.165, 1.54) is 17.8 Å². The van der Waals surface area contributed by atoms with E-state index in [-0.39, 0.29) is 24.0 Å². The largest absolute Gasteiger partial charge is 0.446 e. The van der Waals surface area contributed by atoms with Gasteiger partial charge < -0.3 is 15.4 Å². The van der Waals surface area contributed by atoms with Gasteiger partial charge in [-0.05, 0) is 68.4 Å². The van der Waals surface area contributed by atoms with Crippen molar-refractivity contribution in [2.24, 2.45) is 17.8 Å². The van der Waals surface area contributed by atoms with Crippen LogP contribution in [0.3, 0.4) is 0 Å². The molecule has 0 spiro atoms.